The summed E-state index contributed by atoms with van der Waals surface area (Å²) in [4.78, 5) is 27.6. The topological polar surface area (TPSA) is 77.5 Å². The molecule has 9 heteroatoms. The van der Waals surface area contributed by atoms with Crippen molar-refractivity contribution in [2.24, 2.45) is 12.0 Å². The average molecular weight is 394 g/mol. The van der Waals surface area contributed by atoms with E-state index >= 15 is 0 Å². The normalized spacial score (nSPS) is 12.4. The molecule has 0 saturated carbocycles. The molecule has 0 saturated heterocycles. The predicted molar refractivity (Wildman–Crippen MR) is 101 cm³/mol. The largest absolute Gasteiger partial charge is 0.324 e. The van der Waals surface area contributed by atoms with Crippen LogP contribution in [0.2, 0.25) is 5.02 Å². The lowest BCUT2D eigenvalue weighted by molar-refractivity contribution is -0.380. The monoisotopic (exact) mass is 393 g/mol. The molecule has 0 unspecified atom stereocenters. The van der Waals surface area contributed by atoms with Gasteiger partial charge in [0.05, 0.1) is 15.1 Å². The highest BCUT2D eigenvalue weighted by Gasteiger charge is 2.09. The molecule has 1 aromatic carbocycles. The number of thiophene rings is 1. The lowest BCUT2D eigenvalue weighted by Gasteiger charge is -2.00. The number of nitrogens with zero attached hydrogens (tertiary/aromatic N) is 3. The Bertz CT molecular complexity index is 1090. The summed E-state index contributed by atoms with van der Waals surface area (Å²) < 4.78 is 2.81. The third-order valence-corrected chi connectivity index (χ3v) is 5.74. The smallest absolute Gasteiger partial charge is 0.319 e. The van der Waals surface area contributed by atoms with Crippen LogP contribution in [0.15, 0.2) is 35.3 Å². The fraction of sp³-hybridized carbons (Fsp3) is 0.125. The first-order valence-corrected chi connectivity index (χ1v) is 9.13. The van der Waals surface area contributed by atoms with Crippen molar-refractivity contribution < 1.29 is 9.72 Å². The van der Waals surface area contributed by atoms with E-state index in [1.165, 1.54) is 29.6 Å². The number of rotatable bonds is 3. The van der Waals surface area contributed by atoms with Crippen LogP contribution in [0.3, 0.4) is 0 Å². The van der Waals surface area contributed by atoms with E-state index in [2.05, 4.69) is 4.99 Å². The molecule has 0 bridgehead atoms. The summed E-state index contributed by atoms with van der Waals surface area (Å²) in [5.74, 6) is -0.429. The van der Waals surface area contributed by atoms with Gasteiger partial charge in [0, 0.05) is 29.1 Å². The molecular weight excluding hydrogens is 382 g/mol. The fourth-order valence-electron chi connectivity index (χ4n) is 2.39. The number of aromatic nitrogens is 1. The molecule has 2 heterocycles. The lowest BCUT2D eigenvalue weighted by atomic mass is 10.2. The van der Waals surface area contributed by atoms with Crippen LogP contribution in [0.25, 0.3) is 16.3 Å². The number of benzene rings is 1. The van der Waals surface area contributed by atoms with Gasteiger partial charge < -0.3 is 4.57 Å². The third-order valence-electron chi connectivity index (χ3n) is 3.44. The molecule has 0 fully saturated rings. The zero-order chi connectivity index (χ0) is 18.1. The van der Waals surface area contributed by atoms with Gasteiger partial charge in [0.15, 0.2) is 4.80 Å². The van der Waals surface area contributed by atoms with E-state index in [9.17, 15) is 14.9 Å². The van der Waals surface area contributed by atoms with Gasteiger partial charge in [-0.15, -0.1) is 0 Å². The van der Waals surface area contributed by atoms with Crippen molar-refractivity contribution in [1.82, 2.24) is 4.57 Å². The number of hydrogen-bond donors (Lipinski definition) is 0. The van der Waals surface area contributed by atoms with Gasteiger partial charge in [-0.2, -0.15) is 4.99 Å². The van der Waals surface area contributed by atoms with Crippen LogP contribution in [0, 0.1) is 17.0 Å². The second-order valence-electron chi connectivity index (χ2n) is 5.23. The van der Waals surface area contributed by atoms with Crippen molar-refractivity contribution in [2.45, 2.75) is 6.92 Å². The van der Waals surface area contributed by atoms with Crippen LogP contribution in [0.4, 0.5) is 5.00 Å². The molecule has 0 aliphatic heterocycles. The number of thiazole rings is 1. The first-order valence-electron chi connectivity index (χ1n) is 7.12. The number of hydrogen-bond acceptors (Lipinski definition) is 5. The summed E-state index contributed by atoms with van der Waals surface area (Å²) in [6.07, 6.45) is 2.83. The van der Waals surface area contributed by atoms with Crippen LogP contribution < -0.4 is 4.80 Å². The minimum absolute atomic E-state index is 0.0345. The van der Waals surface area contributed by atoms with E-state index in [0.29, 0.717) is 14.7 Å². The highest BCUT2D eigenvalue weighted by atomic mass is 35.5. The SMILES string of the molecule is Cc1cc(Cl)cc2sc(=NC(=O)C=Cc3ccc([N+](=O)[O-])s3)n(C)c12. The number of carbonyl (C=O) groups excluding carboxylic acids is 1. The van der Waals surface area contributed by atoms with Gasteiger partial charge in [-0.3, -0.25) is 14.9 Å². The first kappa shape index (κ1) is 17.5. The maximum atomic E-state index is 12.1. The van der Waals surface area contributed by atoms with Crippen molar-refractivity contribution in [3.63, 3.8) is 0 Å². The van der Waals surface area contributed by atoms with E-state index in [1.54, 1.807) is 6.07 Å². The minimum Gasteiger partial charge on any atom is -0.319 e. The summed E-state index contributed by atoms with van der Waals surface area (Å²) in [6, 6.07) is 6.71. The van der Waals surface area contributed by atoms with E-state index < -0.39 is 10.8 Å². The molecule has 3 rings (SSSR count). The Hall–Kier alpha value is -2.29. The Morgan fingerprint density at radius 2 is 2.12 bits per heavy atom. The molecule has 0 aliphatic carbocycles. The quantitative estimate of drug-likeness (QED) is 0.378. The van der Waals surface area contributed by atoms with Crippen LogP contribution in [0.1, 0.15) is 10.4 Å². The second kappa shape index (κ2) is 6.91. The van der Waals surface area contributed by atoms with Crippen LogP contribution >= 0.6 is 34.3 Å². The Balaban J connectivity index is 1.92. The summed E-state index contributed by atoms with van der Waals surface area (Å²) in [7, 11) is 1.85. The van der Waals surface area contributed by atoms with E-state index in [-0.39, 0.29) is 5.00 Å². The van der Waals surface area contributed by atoms with Gasteiger partial charge in [-0.25, -0.2) is 0 Å². The number of nitro groups is 1. The first-order chi connectivity index (χ1) is 11.8. The molecule has 0 spiro atoms. The zero-order valence-corrected chi connectivity index (χ0v) is 15.6. The van der Waals surface area contributed by atoms with Crippen LogP contribution in [-0.4, -0.2) is 15.4 Å². The molecule has 2 aromatic heterocycles. The van der Waals surface area contributed by atoms with Crippen LogP contribution in [-0.2, 0) is 11.8 Å². The van der Waals surface area contributed by atoms with Crippen molar-refractivity contribution in [1.29, 1.82) is 0 Å². The van der Waals surface area contributed by atoms with E-state index in [1.807, 2.05) is 30.7 Å². The lowest BCUT2D eigenvalue weighted by Crippen LogP contribution is -2.12. The van der Waals surface area contributed by atoms with Gasteiger partial charge in [0.25, 0.3) is 5.91 Å². The van der Waals surface area contributed by atoms with Crippen molar-refractivity contribution in [3.05, 3.63) is 60.7 Å². The molecule has 25 heavy (non-hydrogen) atoms. The highest BCUT2D eigenvalue weighted by molar-refractivity contribution is 7.16. The Morgan fingerprint density at radius 1 is 1.36 bits per heavy atom. The van der Waals surface area contributed by atoms with Gasteiger partial charge in [-0.05, 0) is 36.8 Å². The van der Waals surface area contributed by atoms with Gasteiger partial charge in [0.1, 0.15) is 0 Å². The van der Waals surface area contributed by atoms with Crippen molar-refractivity contribution in [3.8, 4) is 0 Å². The van der Waals surface area contributed by atoms with Gasteiger partial charge >= 0.3 is 5.00 Å². The minimum atomic E-state index is -0.459. The molecule has 0 radical (unpaired) electrons. The molecule has 0 N–H and O–H groups in total. The zero-order valence-electron chi connectivity index (χ0n) is 13.2. The van der Waals surface area contributed by atoms with E-state index in [4.69, 9.17) is 11.6 Å². The predicted octanol–water partition coefficient (Wildman–Crippen LogP) is 4.31. The molecular formula is C16H12ClN3O3S2. The molecule has 3 aromatic rings. The summed E-state index contributed by atoms with van der Waals surface area (Å²) in [6.45, 7) is 1.95. The third kappa shape index (κ3) is 3.71. The van der Waals surface area contributed by atoms with Gasteiger partial charge in [0.2, 0.25) is 0 Å². The summed E-state index contributed by atoms with van der Waals surface area (Å²) >= 11 is 8.46. The molecule has 0 atom stereocenters. The van der Waals surface area contributed by atoms with E-state index in [0.717, 1.165) is 27.1 Å². The number of halogens is 1. The highest BCUT2D eigenvalue weighted by Crippen LogP contribution is 2.26. The molecule has 1 amide bonds. The average Bonchev–Trinajstić information content (AvgIpc) is 3.11. The Kier molecular flexibility index (Phi) is 4.85. The number of fused-ring (bicyclic) bond motifs is 1. The van der Waals surface area contributed by atoms with Gasteiger partial charge in [-0.1, -0.05) is 34.3 Å². The van der Waals surface area contributed by atoms with Crippen molar-refractivity contribution >= 4 is 61.5 Å². The molecule has 128 valence electrons. The fourth-order valence-corrected chi connectivity index (χ4v) is 4.59. The summed E-state index contributed by atoms with van der Waals surface area (Å²) in [5, 5.41) is 11.3. The maximum absolute atomic E-state index is 12.1. The molecule has 6 nitrogen and oxygen atoms in total. The second-order valence-corrected chi connectivity index (χ2v) is 7.77. The number of amides is 1. The maximum Gasteiger partial charge on any atom is 0.324 e. The number of aryl methyl sites for hydroxylation is 2. The number of carbonyl (C=O) groups is 1. The Labute approximate surface area is 155 Å². The standard InChI is InChI=1S/C16H12ClN3O3S2/c1-9-7-10(17)8-12-15(9)19(2)16(25-12)18-13(21)5-3-11-4-6-14(24-11)20(22)23/h3-8H,1-2H3. The van der Waals surface area contributed by atoms with Crippen molar-refractivity contribution in [2.75, 3.05) is 0 Å². The molecule has 0 aliphatic rings. The Morgan fingerprint density at radius 3 is 2.80 bits per heavy atom. The summed E-state index contributed by atoms with van der Waals surface area (Å²) in [5.41, 5.74) is 2.00. The van der Waals surface area contributed by atoms with Crippen LogP contribution in [0.5, 0.6) is 0 Å².